The van der Waals surface area contributed by atoms with E-state index in [1.165, 1.54) is 0 Å². The number of aliphatic hydroxyl groups is 2. The monoisotopic (exact) mass is 139 g/mol. The molecule has 1 unspecified atom stereocenters. The van der Waals surface area contributed by atoms with Crippen LogP contribution in [0.25, 0.3) is 0 Å². The second-order valence-electron chi connectivity index (χ2n) is 1.95. The maximum atomic E-state index is 8.60. The van der Waals surface area contributed by atoms with Crippen LogP contribution in [-0.4, -0.2) is 28.5 Å². The first kappa shape index (κ1) is 8.17. The molecule has 0 aromatic carbocycles. The second-order valence-corrected chi connectivity index (χ2v) is 1.95. The Morgan fingerprint density at radius 3 is 1.62 bits per heavy atom. The van der Waals surface area contributed by atoms with Gasteiger partial charge in [-0.1, -0.05) is 0 Å². The molecule has 0 amide bonds. The van der Waals surface area contributed by atoms with Crippen molar-refractivity contribution in [2.24, 2.45) is 5.73 Å². The van der Waals surface area contributed by atoms with Gasteiger partial charge < -0.3 is 15.9 Å². The number of hydrogen-bond donors (Lipinski definition) is 3. The van der Waals surface area contributed by atoms with Crippen LogP contribution in [0.1, 0.15) is 6.42 Å². The van der Waals surface area contributed by atoms with E-state index >= 15 is 0 Å². The highest BCUT2D eigenvalue weighted by molar-refractivity contribution is 5.85. The van der Waals surface area contributed by atoms with Gasteiger partial charge in [0, 0.05) is 6.42 Å². The summed E-state index contributed by atoms with van der Waals surface area (Å²) in [4.78, 5) is 0. The Morgan fingerprint density at radius 2 is 1.62 bits per heavy atom. The molecule has 1 aliphatic carbocycles. The molecule has 0 aromatic rings. The summed E-state index contributed by atoms with van der Waals surface area (Å²) in [5, 5.41) is 17.2. The van der Waals surface area contributed by atoms with Gasteiger partial charge in [-0.2, -0.15) is 0 Å². The molecule has 0 spiro atoms. The highest BCUT2D eigenvalue weighted by Gasteiger charge is 2.34. The second kappa shape index (κ2) is 2.64. The average molecular weight is 140 g/mol. The zero-order valence-corrected chi connectivity index (χ0v) is 5.14. The van der Waals surface area contributed by atoms with Gasteiger partial charge in [-0.15, -0.1) is 12.4 Å². The number of halogens is 1. The van der Waals surface area contributed by atoms with E-state index in [0.29, 0.717) is 6.42 Å². The van der Waals surface area contributed by atoms with Crippen LogP contribution in [0.4, 0.5) is 0 Å². The normalized spacial score (nSPS) is 44.6. The summed E-state index contributed by atoms with van der Waals surface area (Å²) in [6.07, 6.45) is -0.480. The van der Waals surface area contributed by atoms with E-state index in [1.54, 1.807) is 0 Å². The quantitative estimate of drug-likeness (QED) is 0.398. The maximum Gasteiger partial charge on any atom is 0.0741 e. The van der Waals surface area contributed by atoms with Crippen molar-refractivity contribution in [2.45, 2.75) is 24.7 Å². The van der Waals surface area contributed by atoms with Gasteiger partial charge in [0.05, 0.1) is 18.2 Å². The molecule has 50 valence electrons. The van der Waals surface area contributed by atoms with Crippen LogP contribution >= 0.6 is 12.4 Å². The van der Waals surface area contributed by atoms with Gasteiger partial charge >= 0.3 is 0 Å². The van der Waals surface area contributed by atoms with Crippen molar-refractivity contribution in [1.29, 1.82) is 0 Å². The minimum Gasteiger partial charge on any atom is -0.391 e. The van der Waals surface area contributed by atoms with Crippen LogP contribution in [0.5, 0.6) is 0 Å². The van der Waals surface area contributed by atoms with Crippen LogP contribution in [0.2, 0.25) is 0 Å². The lowest BCUT2D eigenvalue weighted by atomic mass is 9.87. The lowest BCUT2D eigenvalue weighted by Gasteiger charge is -2.34. The van der Waals surface area contributed by atoms with Crippen molar-refractivity contribution in [3.05, 3.63) is 0 Å². The third-order valence-corrected chi connectivity index (χ3v) is 1.37. The summed E-state index contributed by atoms with van der Waals surface area (Å²) < 4.78 is 0. The Bertz CT molecular complexity index is 72.4. The Balaban J connectivity index is 0.000000490. The zero-order valence-electron chi connectivity index (χ0n) is 4.32. The summed E-state index contributed by atoms with van der Waals surface area (Å²) in [6.45, 7) is 0. The lowest BCUT2D eigenvalue weighted by Crippen LogP contribution is -2.56. The van der Waals surface area contributed by atoms with Gasteiger partial charge in [-0.3, -0.25) is 0 Å². The topological polar surface area (TPSA) is 66.5 Å². The van der Waals surface area contributed by atoms with Gasteiger partial charge in [0.25, 0.3) is 0 Å². The fourth-order valence-corrected chi connectivity index (χ4v) is 0.622. The Hall–Kier alpha value is 0.170. The Labute approximate surface area is 53.9 Å². The predicted molar refractivity (Wildman–Crippen MR) is 31.9 cm³/mol. The zero-order chi connectivity index (χ0) is 5.44. The molecule has 3 nitrogen and oxygen atoms in total. The minimum absolute atomic E-state index is 0. The molecule has 1 saturated carbocycles. The molecule has 0 aromatic heterocycles. The molecule has 3 atom stereocenters. The van der Waals surface area contributed by atoms with Gasteiger partial charge in [0.2, 0.25) is 0 Å². The summed E-state index contributed by atoms with van der Waals surface area (Å²) in [5.74, 6) is 0. The van der Waals surface area contributed by atoms with E-state index in [9.17, 15) is 0 Å². The van der Waals surface area contributed by atoms with E-state index in [-0.39, 0.29) is 18.4 Å². The minimum atomic E-state index is -0.463. The van der Waals surface area contributed by atoms with Gasteiger partial charge in [0.15, 0.2) is 0 Å². The van der Waals surface area contributed by atoms with E-state index in [4.69, 9.17) is 15.9 Å². The van der Waals surface area contributed by atoms with Crippen LogP contribution in [0, 0.1) is 0 Å². The Morgan fingerprint density at radius 1 is 1.25 bits per heavy atom. The molecule has 1 rings (SSSR count). The van der Waals surface area contributed by atoms with Crippen LogP contribution < -0.4 is 5.73 Å². The maximum absolute atomic E-state index is 8.60. The smallest absolute Gasteiger partial charge is 0.0741 e. The summed E-state index contributed by atoms with van der Waals surface area (Å²) in [6, 6.07) is -0.389. The standard InChI is InChI=1S/C4H9NO2.ClH/c5-4-2(6)1-3(4)7;/h2-4,6-7H,1,5H2;1H/t2-,3+,4?;. The van der Waals surface area contributed by atoms with Crippen LogP contribution in [0.3, 0.4) is 0 Å². The SMILES string of the molecule is Cl.NC1[C@H](O)C[C@@H]1O. The number of aliphatic hydroxyl groups excluding tert-OH is 2. The van der Waals surface area contributed by atoms with E-state index in [2.05, 4.69) is 0 Å². The van der Waals surface area contributed by atoms with Gasteiger partial charge in [0.1, 0.15) is 0 Å². The largest absolute Gasteiger partial charge is 0.391 e. The summed E-state index contributed by atoms with van der Waals surface area (Å²) >= 11 is 0. The molecule has 0 saturated heterocycles. The first-order valence-electron chi connectivity index (χ1n) is 2.33. The molecule has 1 aliphatic rings. The number of hydrogen-bond acceptors (Lipinski definition) is 3. The molecule has 0 bridgehead atoms. The molecule has 1 fully saturated rings. The van der Waals surface area contributed by atoms with Crippen molar-refractivity contribution in [2.75, 3.05) is 0 Å². The molecule has 0 aliphatic heterocycles. The molecular formula is C4H10ClNO2. The van der Waals surface area contributed by atoms with Crippen LogP contribution in [-0.2, 0) is 0 Å². The predicted octanol–water partition coefficient (Wildman–Crippen LogP) is -1.14. The molecular weight excluding hydrogens is 130 g/mol. The first-order chi connectivity index (χ1) is 3.22. The van der Waals surface area contributed by atoms with Gasteiger partial charge in [-0.25, -0.2) is 0 Å². The van der Waals surface area contributed by atoms with Crippen molar-refractivity contribution in [1.82, 2.24) is 0 Å². The van der Waals surface area contributed by atoms with Crippen molar-refractivity contribution in [3.63, 3.8) is 0 Å². The molecule has 8 heavy (non-hydrogen) atoms. The highest BCUT2D eigenvalue weighted by Crippen LogP contribution is 2.17. The molecule has 4 N–H and O–H groups in total. The summed E-state index contributed by atoms with van der Waals surface area (Å²) in [5.41, 5.74) is 5.17. The van der Waals surface area contributed by atoms with Crippen molar-refractivity contribution in [3.8, 4) is 0 Å². The Kier molecular flexibility index (Phi) is 2.70. The van der Waals surface area contributed by atoms with Crippen LogP contribution in [0.15, 0.2) is 0 Å². The summed E-state index contributed by atoms with van der Waals surface area (Å²) in [7, 11) is 0. The lowest BCUT2D eigenvalue weighted by molar-refractivity contribution is -0.0482. The first-order valence-corrected chi connectivity index (χ1v) is 2.33. The molecule has 4 heteroatoms. The van der Waals surface area contributed by atoms with Crippen molar-refractivity contribution >= 4 is 12.4 Å². The van der Waals surface area contributed by atoms with E-state index in [0.717, 1.165) is 0 Å². The molecule has 0 radical (unpaired) electrons. The third kappa shape index (κ3) is 1.11. The number of rotatable bonds is 0. The molecule has 0 heterocycles. The highest BCUT2D eigenvalue weighted by atomic mass is 35.5. The average Bonchev–Trinajstić information content (AvgIpc) is 1.68. The number of nitrogens with two attached hydrogens (primary N) is 1. The third-order valence-electron chi connectivity index (χ3n) is 1.37. The van der Waals surface area contributed by atoms with Gasteiger partial charge in [-0.05, 0) is 0 Å². The van der Waals surface area contributed by atoms with E-state index < -0.39 is 12.2 Å². The fraction of sp³-hybridized carbons (Fsp3) is 1.00. The van der Waals surface area contributed by atoms with E-state index in [1.807, 2.05) is 0 Å². The van der Waals surface area contributed by atoms with Crippen molar-refractivity contribution < 1.29 is 10.2 Å². The fourth-order valence-electron chi connectivity index (χ4n) is 0.622.